The van der Waals surface area contributed by atoms with Gasteiger partial charge >= 0.3 is 179 Å². The van der Waals surface area contributed by atoms with Gasteiger partial charge in [0.05, 0.1) is 0 Å². The van der Waals surface area contributed by atoms with Crippen LogP contribution in [0, 0.1) is 0 Å². The Bertz CT molecular complexity index is 1030. The van der Waals surface area contributed by atoms with Crippen LogP contribution in [0.4, 0.5) is 0 Å². The van der Waals surface area contributed by atoms with E-state index in [9.17, 15) is 9.90 Å². The van der Waals surface area contributed by atoms with E-state index in [0.717, 1.165) is 5.30 Å². The minimum atomic E-state index is -3.26. The standard InChI is InChI=1S/C25H20BrO2P/c26-29(21-10-4-1-5-11-21,22-12-6-2-7-13-22,23-14-8-3-9-15-23)24-18-16-20(17-19-24)25(27)28/h1-19H,(H,27,28). The average Bonchev–Trinajstić information content (AvgIpc) is 2.80. The summed E-state index contributed by atoms with van der Waals surface area (Å²) in [6.07, 6.45) is 0. The third kappa shape index (κ3) is 3.02. The Morgan fingerprint density at radius 3 is 1.17 bits per heavy atom. The van der Waals surface area contributed by atoms with E-state index in [1.54, 1.807) is 12.1 Å². The molecule has 144 valence electrons. The first-order valence-electron chi connectivity index (χ1n) is 9.29. The third-order valence-electron chi connectivity index (χ3n) is 5.32. The molecule has 0 radical (unpaired) electrons. The molecule has 0 bridgehead atoms. The van der Waals surface area contributed by atoms with Crippen molar-refractivity contribution < 1.29 is 9.90 Å². The molecule has 29 heavy (non-hydrogen) atoms. The van der Waals surface area contributed by atoms with E-state index in [1.807, 2.05) is 30.3 Å². The van der Waals surface area contributed by atoms with Gasteiger partial charge in [0.1, 0.15) is 0 Å². The minimum absolute atomic E-state index is 0.278. The molecular formula is C25H20BrO2P. The maximum absolute atomic E-state index is 11.5. The van der Waals surface area contributed by atoms with Crippen LogP contribution in [0.2, 0.25) is 0 Å². The summed E-state index contributed by atoms with van der Waals surface area (Å²) in [5.74, 6) is -0.925. The van der Waals surface area contributed by atoms with Crippen molar-refractivity contribution in [2.24, 2.45) is 0 Å². The van der Waals surface area contributed by atoms with Gasteiger partial charge in [-0.3, -0.25) is 0 Å². The number of aromatic carboxylic acids is 1. The van der Waals surface area contributed by atoms with E-state index in [-0.39, 0.29) is 5.56 Å². The van der Waals surface area contributed by atoms with Gasteiger partial charge in [0, 0.05) is 0 Å². The Kier molecular flexibility index (Phi) is 5.12. The molecule has 0 spiro atoms. The number of carboxylic acid groups (broad SMARTS) is 1. The molecule has 2 nitrogen and oxygen atoms in total. The Balaban J connectivity index is 2.17. The number of rotatable bonds is 5. The topological polar surface area (TPSA) is 37.3 Å². The maximum atomic E-state index is 11.5. The molecule has 4 aromatic carbocycles. The molecule has 0 atom stereocenters. The van der Waals surface area contributed by atoms with E-state index in [1.165, 1.54) is 15.9 Å². The van der Waals surface area contributed by atoms with Crippen LogP contribution in [0.25, 0.3) is 0 Å². The fourth-order valence-corrected chi connectivity index (χ4v) is 11.4. The molecule has 0 unspecified atom stereocenters. The van der Waals surface area contributed by atoms with Crippen LogP contribution in [0.3, 0.4) is 0 Å². The summed E-state index contributed by atoms with van der Waals surface area (Å²) in [6.45, 7) is 0. The zero-order valence-corrected chi connectivity index (χ0v) is 18.1. The van der Waals surface area contributed by atoms with Gasteiger partial charge in [0.25, 0.3) is 0 Å². The van der Waals surface area contributed by atoms with Crippen molar-refractivity contribution in [1.82, 2.24) is 0 Å². The Morgan fingerprint density at radius 2 is 0.862 bits per heavy atom. The van der Waals surface area contributed by atoms with Crippen molar-refractivity contribution in [1.29, 1.82) is 0 Å². The predicted molar refractivity (Wildman–Crippen MR) is 127 cm³/mol. The van der Waals surface area contributed by atoms with E-state index >= 15 is 0 Å². The summed E-state index contributed by atoms with van der Waals surface area (Å²) in [7, 11) is 0. The zero-order valence-electron chi connectivity index (χ0n) is 15.7. The fourth-order valence-electron chi connectivity index (χ4n) is 3.90. The fraction of sp³-hybridized carbons (Fsp3) is 0. The first-order chi connectivity index (χ1) is 14.1. The van der Waals surface area contributed by atoms with Crippen LogP contribution < -0.4 is 21.2 Å². The van der Waals surface area contributed by atoms with Gasteiger partial charge in [-0.05, 0) is 0 Å². The van der Waals surface area contributed by atoms with E-state index < -0.39 is 11.3 Å². The second-order valence-corrected chi connectivity index (χ2v) is 15.2. The molecule has 4 rings (SSSR count). The summed E-state index contributed by atoms with van der Waals surface area (Å²) in [5, 5.41) is 10.7. The second-order valence-electron chi connectivity index (χ2n) is 6.87. The van der Waals surface area contributed by atoms with E-state index in [4.69, 9.17) is 0 Å². The quantitative estimate of drug-likeness (QED) is 0.430. The molecule has 0 saturated carbocycles. The Labute approximate surface area is 178 Å². The molecule has 0 aliphatic heterocycles. The van der Waals surface area contributed by atoms with Crippen LogP contribution in [0.5, 0.6) is 0 Å². The van der Waals surface area contributed by atoms with Crippen molar-refractivity contribution in [3.63, 3.8) is 0 Å². The van der Waals surface area contributed by atoms with Crippen LogP contribution >= 0.6 is 20.8 Å². The van der Waals surface area contributed by atoms with Gasteiger partial charge in [-0.1, -0.05) is 0 Å². The van der Waals surface area contributed by atoms with Crippen LogP contribution in [-0.2, 0) is 0 Å². The first kappa shape index (κ1) is 19.6. The van der Waals surface area contributed by atoms with Crippen LogP contribution in [0.1, 0.15) is 10.4 Å². The molecule has 0 aromatic heterocycles. The number of carboxylic acids is 1. The molecular weight excluding hydrogens is 443 g/mol. The van der Waals surface area contributed by atoms with Crippen molar-refractivity contribution >= 4 is 48.0 Å². The number of halogens is 1. The van der Waals surface area contributed by atoms with Crippen LogP contribution in [0.15, 0.2) is 115 Å². The number of hydrogen-bond acceptors (Lipinski definition) is 1. The molecule has 1 N–H and O–H groups in total. The Hall–Kier alpha value is -2.74. The molecule has 0 aliphatic carbocycles. The molecule has 0 fully saturated rings. The summed E-state index contributed by atoms with van der Waals surface area (Å²) in [4.78, 5) is 11.5. The summed E-state index contributed by atoms with van der Waals surface area (Å²) in [5.41, 5.74) is 0.278. The van der Waals surface area contributed by atoms with Gasteiger partial charge in [-0.2, -0.15) is 0 Å². The monoisotopic (exact) mass is 462 g/mol. The normalized spacial score (nSPS) is 12.7. The molecule has 4 heteroatoms. The van der Waals surface area contributed by atoms with Gasteiger partial charge in [-0.15, -0.1) is 0 Å². The molecule has 0 saturated heterocycles. The molecule has 0 aliphatic rings. The van der Waals surface area contributed by atoms with Crippen molar-refractivity contribution in [2.45, 2.75) is 0 Å². The zero-order chi connectivity index (χ0) is 20.3. The van der Waals surface area contributed by atoms with Gasteiger partial charge < -0.3 is 0 Å². The number of benzene rings is 4. The van der Waals surface area contributed by atoms with Gasteiger partial charge in [0.2, 0.25) is 0 Å². The second kappa shape index (κ2) is 7.59. The van der Waals surface area contributed by atoms with Crippen LogP contribution in [-0.4, -0.2) is 11.1 Å². The molecule has 4 aromatic rings. The number of carbonyl (C=O) groups is 1. The van der Waals surface area contributed by atoms with E-state index in [0.29, 0.717) is 0 Å². The van der Waals surface area contributed by atoms with Crippen molar-refractivity contribution in [3.8, 4) is 0 Å². The Morgan fingerprint density at radius 1 is 0.552 bits per heavy atom. The summed E-state index contributed by atoms with van der Waals surface area (Å²) >= 11 is 4.37. The predicted octanol–water partition coefficient (Wildman–Crippen LogP) is 4.85. The summed E-state index contributed by atoms with van der Waals surface area (Å²) in [6, 6.07) is 38.5. The van der Waals surface area contributed by atoms with Crippen molar-refractivity contribution in [3.05, 3.63) is 121 Å². The summed E-state index contributed by atoms with van der Waals surface area (Å²) < 4.78 is 0. The van der Waals surface area contributed by atoms with Crippen molar-refractivity contribution in [2.75, 3.05) is 0 Å². The third-order valence-corrected chi connectivity index (χ3v) is 15.3. The van der Waals surface area contributed by atoms with E-state index in [2.05, 4.69) is 88.3 Å². The average molecular weight is 463 g/mol. The number of hydrogen-bond donors (Lipinski definition) is 1. The van der Waals surface area contributed by atoms with Gasteiger partial charge in [-0.25, -0.2) is 0 Å². The molecule has 0 heterocycles. The molecule has 0 amide bonds. The van der Waals surface area contributed by atoms with Gasteiger partial charge in [0.15, 0.2) is 0 Å². The first-order valence-corrected chi connectivity index (χ1v) is 13.5. The SMILES string of the molecule is O=C(O)c1ccc(P(Br)(c2ccccc2)(c2ccccc2)c2ccccc2)cc1.